The van der Waals surface area contributed by atoms with Gasteiger partial charge in [0.05, 0.1) is 5.02 Å². The third-order valence-corrected chi connectivity index (χ3v) is 3.37. The molecular weight excluding hydrogens is 314 g/mol. The molecule has 21 heavy (non-hydrogen) atoms. The van der Waals surface area contributed by atoms with Gasteiger partial charge >= 0.3 is 0 Å². The molecule has 1 aromatic carbocycles. The number of anilines is 1. The van der Waals surface area contributed by atoms with Crippen molar-refractivity contribution in [3.8, 4) is 17.6 Å². The van der Waals surface area contributed by atoms with Gasteiger partial charge in [-0.2, -0.15) is 5.26 Å². The minimum absolute atomic E-state index is 0.0844. The first-order valence-corrected chi connectivity index (χ1v) is 6.81. The number of nitrogens with one attached hydrogen (secondary N) is 1. The number of aromatic hydroxyl groups is 2. The van der Waals surface area contributed by atoms with Crippen molar-refractivity contribution in [3.05, 3.63) is 39.9 Å². The first kappa shape index (κ1) is 14.8. The zero-order valence-electron chi connectivity index (χ0n) is 10.4. The van der Waals surface area contributed by atoms with Gasteiger partial charge in [-0.1, -0.05) is 11.6 Å². The molecule has 0 saturated carbocycles. The van der Waals surface area contributed by atoms with Crippen molar-refractivity contribution in [1.82, 2.24) is 4.98 Å². The Morgan fingerprint density at radius 2 is 2.24 bits per heavy atom. The molecule has 0 aliphatic heterocycles. The summed E-state index contributed by atoms with van der Waals surface area (Å²) in [6.45, 7) is 0. The summed E-state index contributed by atoms with van der Waals surface area (Å²) >= 11 is 6.93. The Bertz CT molecular complexity index is 728. The van der Waals surface area contributed by atoms with Crippen molar-refractivity contribution in [1.29, 1.82) is 5.26 Å². The average molecular weight is 322 g/mol. The largest absolute Gasteiger partial charge is 0.504 e. The number of phenolic OH excluding ortho intramolecular Hbond substituents is 2. The van der Waals surface area contributed by atoms with E-state index in [1.54, 1.807) is 11.4 Å². The molecule has 0 bridgehead atoms. The van der Waals surface area contributed by atoms with Gasteiger partial charge in [-0.3, -0.25) is 10.1 Å². The molecule has 2 aromatic rings. The maximum Gasteiger partial charge on any atom is 0.268 e. The Morgan fingerprint density at radius 1 is 1.48 bits per heavy atom. The summed E-state index contributed by atoms with van der Waals surface area (Å²) in [6, 6.07) is 4.27. The molecule has 1 amide bonds. The summed E-state index contributed by atoms with van der Waals surface area (Å²) in [6.07, 6.45) is 2.77. The number of amides is 1. The lowest BCUT2D eigenvalue weighted by atomic mass is 10.1. The summed E-state index contributed by atoms with van der Waals surface area (Å²) in [5.41, 5.74) is 0.118. The monoisotopic (exact) mass is 321 g/mol. The van der Waals surface area contributed by atoms with Crippen LogP contribution in [0.4, 0.5) is 5.13 Å². The van der Waals surface area contributed by atoms with Gasteiger partial charge in [-0.15, -0.1) is 11.3 Å². The fourth-order valence-electron chi connectivity index (χ4n) is 1.45. The van der Waals surface area contributed by atoms with Gasteiger partial charge in [-0.05, 0) is 23.8 Å². The third-order valence-electron chi connectivity index (χ3n) is 2.39. The first-order chi connectivity index (χ1) is 10.0. The molecule has 3 N–H and O–H groups in total. The van der Waals surface area contributed by atoms with Crippen LogP contribution in [0.5, 0.6) is 11.5 Å². The second kappa shape index (κ2) is 6.26. The SMILES string of the molecule is N#C/C(=C\c1cc(O)c(O)c(Cl)c1)C(=O)Nc1nccs1. The highest BCUT2D eigenvalue weighted by Gasteiger charge is 2.12. The van der Waals surface area contributed by atoms with Crippen molar-refractivity contribution < 1.29 is 15.0 Å². The number of hydrogen-bond donors (Lipinski definition) is 3. The number of benzene rings is 1. The summed E-state index contributed by atoms with van der Waals surface area (Å²) < 4.78 is 0. The molecule has 106 valence electrons. The molecule has 1 aromatic heterocycles. The quantitative estimate of drug-likeness (QED) is 0.458. The standard InChI is InChI=1S/C13H8ClN3O3S/c14-9-4-7(5-10(18)11(9)19)3-8(6-15)12(20)17-13-16-1-2-21-13/h1-5,18-19H,(H,16,17,20)/b8-3+. The van der Waals surface area contributed by atoms with Crippen molar-refractivity contribution in [2.75, 3.05) is 5.32 Å². The van der Waals surface area contributed by atoms with E-state index in [-0.39, 0.29) is 10.6 Å². The molecule has 0 saturated heterocycles. The van der Waals surface area contributed by atoms with Crippen molar-refractivity contribution in [3.63, 3.8) is 0 Å². The van der Waals surface area contributed by atoms with Gasteiger partial charge < -0.3 is 10.2 Å². The fourth-order valence-corrected chi connectivity index (χ4v) is 2.20. The second-order valence-electron chi connectivity index (χ2n) is 3.83. The predicted octanol–water partition coefficient (Wildman–Crippen LogP) is 2.75. The van der Waals surface area contributed by atoms with E-state index in [2.05, 4.69) is 10.3 Å². The molecule has 2 rings (SSSR count). The highest BCUT2D eigenvalue weighted by molar-refractivity contribution is 7.13. The van der Waals surface area contributed by atoms with Gasteiger partial charge in [0.25, 0.3) is 5.91 Å². The van der Waals surface area contributed by atoms with Crippen LogP contribution in [0.2, 0.25) is 5.02 Å². The Hall–Kier alpha value is -2.56. The summed E-state index contributed by atoms with van der Waals surface area (Å²) in [4.78, 5) is 15.8. The van der Waals surface area contributed by atoms with Crippen LogP contribution in [-0.2, 0) is 4.79 Å². The van der Waals surface area contributed by atoms with Gasteiger partial charge in [0.1, 0.15) is 11.6 Å². The highest BCUT2D eigenvalue weighted by atomic mass is 35.5. The van der Waals surface area contributed by atoms with Gasteiger partial charge in [0.15, 0.2) is 16.6 Å². The maximum atomic E-state index is 11.9. The number of halogens is 1. The fraction of sp³-hybridized carbons (Fsp3) is 0. The number of hydrogen-bond acceptors (Lipinski definition) is 6. The summed E-state index contributed by atoms with van der Waals surface area (Å²) in [5, 5.41) is 32.3. The van der Waals surface area contributed by atoms with Gasteiger partial charge in [-0.25, -0.2) is 4.98 Å². The topological polar surface area (TPSA) is 106 Å². The smallest absolute Gasteiger partial charge is 0.268 e. The van der Waals surface area contributed by atoms with Crippen molar-refractivity contribution in [2.24, 2.45) is 0 Å². The molecule has 8 heteroatoms. The lowest BCUT2D eigenvalue weighted by Crippen LogP contribution is -2.13. The van der Waals surface area contributed by atoms with E-state index in [9.17, 15) is 15.0 Å². The summed E-state index contributed by atoms with van der Waals surface area (Å²) in [5.74, 6) is -1.53. The van der Waals surface area contributed by atoms with Crippen molar-refractivity contribution >= 4 is 40.1 Å². The number of phenols is 2. The maximum absolute atomic E-state index is 11.9. The minimum Gasteiger partial charge on any atom is -0.504 e. The van der Waals surface area contributed by atoms with Crippen LogP contribution in [0, 0.1) is 11.3 Å². The Labute approximate surface area is 128 Å². The normalized spacial score (nSPS) is 11.0. The molecule has 0 aliphatic rings. The van der Waals surface area contributed by atoms with E-state index in [0.717, 1.165) is 0 Å². The van der Waals surface area contributed by atoms with Gasteiger partial charge in [0.2, 0.25) is 0 Å². The van der Waals surface area contributed by atoms with E-state index < -0.39 is 17.4 Å². The van der Waals surface area contributed by atoms with E-state index >= 15 is 0 Å². The first-order valence-electron chi connectivity index (χ1n) is 5.55. The number of nitrogens with zero attached hydrogens (tertiary/aromatic N) is 2. The van der Waals surface area contributed by atoms with Crippen LogP contribution >= 0.6 is 22.9 Å². The van der Waals surface area contributed by atoms with Crippen LogP contribution in [0.3, 0.4) is 0 Å². The average Bonchev–Trinajstić information content (AvgIpc) is 2.94. The Morgan fingerprint density at radius 3 is 2.81 bits per heavy atom. The molecule has 1 heterocycles. The molecule has 0 radical (unpaired) electrons. The van der Waals surface area contributed by atoms with E-state index in [4.69, 9.17) is 16.9 Å². The predicted molar refractivity (Wildman–Crippen MR) is 79.1 cm³/mol. The Kier molecular flexibility index (Phi) is 4.42. The van der Waals surface area contributed by atoms with Crippen LogP contribution in [-0.4, -0.2) is 21.1 Å². The number of rotatable bonds is 3. The number of aromatic nitrogens is 1. The molecule has 0 unspecified atom stereocenters. The number of nitriles is 1. The number of thiazole rings is 1. The zero-order chi connectivity index (χ0) is 15.4. The second-order valence-corrected chi connectivity index (χ2v) is 5.13. The highest BCUT2D eigenvalue weighted by Crippen LogP contribution is 2.34. The molecule has 0 atom stereocenters. The van der Waals surface area contributed by atoms with Crippen molar-refractivity contribution in [2.45, 2.75) is 0 Å². The minimum atomic E-state index is -0.629. The lowest BCUT2D eigenvalue weighted by Gasteiger charge is -2.03. The summed E-state index contributed by atoms with van der Waals surface area (Å²) in [7, 11) is 0. The Balaban J connectivity index is 2.29. The van der Waals surface area contributed by atoms with Crippen LogP contribution in [0.15, 0.2) is 29.3 Å². The van der Waals surface area contributed by atoms with Crippen LogP contribution in [0.1, 0.15) is 5.56 Å². The molecule has 0 spiro atoms. The van der Waals surface area contributed by atoms with Crippen LogP contribution < -0.4 is 5.32 Å². The third kappa shape index (κ3) is 3.51. The number of carbonyl (C=O) groups excluding carboxylic acids is 1. The molecule has 0 fully saturated rings. The zero-order valence-corrected chi connectivity index (χ0v) is 11.9. The molecule has 6 nitrogen and oxygen atoms in total. The number of carbonyl (C=O) groups is 1. The van der Waals surface area contributed by atoms with Crippen LogP contribution in [0.25, 0.3) is 6.08 Å². The van der Waals surface area contributed by atoms with E-state index in [0.29, 0.717) is 10.7 Å². The molecule has 0 aliphatic carbocycles. The van der Waals surface area contributed by atoms with Gasteiger partial charge in [0, 0.05) is 11.6 Å². The van der Waals surface area contributed by atoms with E-state index in [1.807, 2.05) is 0 Å². The van der Waals surface area contributed by atoms with E-state index in [1.165, 1.54) is 35.7 Å². The molecular formula is C13H8ClN3O3S. The lowest BCUT2D eigenvalue weighted by molar-refractivity contribution is -0.112.